The van der Waals surface area contributed by atoms with Crippen molar-refractivity contribution in [3.8, 4) is 0 Å². The highest BCUT2D eigenvalue weighted by Gasteiger charge is 2.33. The Morgan fingerprint density at radius 2 is 2.19 bits per heavy atom. The van der Waals surface area contributed by atoms with Gasteiger partial charge in [0.25, 0.3) is 0 Å². The summed E-state index contributed by atoms with van der Waals surface area (Å²) in [5, 5.41) is 5.96. The number of thiophene rings is 1. The van der Waals surface area contributed by atoms with Crippen LogP contribution < -0.4 is 5.32 Å². The maximum Gasteiger partial charge on any atom is 0.0503 e. The summed E-state index contributed by atoms with van der Waals surface area (Å²) in [7, 11) is 0. The van der Waals surface area contributed by atoms with E-state index in [2.05, 4.69) is 44.5 Å². The SMILES string of the molecule is CC(C)(C)CCC1(C)NCCc2ccsc21. The molecule has 0 aromatic carbocycles. The number of nitrogens with one attached hydrogen (secondary N) is 1. The number of fused-ring (bicyclic) bond motifs is 1. The van der Waals surface area contributed by atoms with Gasteiger partial charge in [-0.3, -0.25) is 0 Å². The number of hydrogen-bond acceptors (Lipinski definition) is 2. The maximum atomic E-state index is 3.72. The molecule has 1 atom stereocenters. The van der Waals surface area contributed by atoms with Crippen LogP contribution in [0.3, 0.4) is 0 Å². The molecule has 0 spiro atoms. The average Bonchev–Trinajstić information content (AvgIpc) is 2.64. The van der Waals surface area contributed by atoms with Crippen LogP contribution in [-0.4, -0.2) is 6.54 Å². The summed E-state index contributed by atoms with van der Waals surface area (Å²) in [4.78, 5) is 1.57. The first kappa shape index (κ1) is 12.1. The standard InChI is InChI=1S/C14H23NS/c1-13(2,3)7-8-14(4)12-11(5-9-15-14)6-10-16-12/h6,10,15H,5,7-9H2,1-4H3. The van der Waals surface area contributed by atoms with Crippen LogP contribution in [0.4, 0.5) is 0 Å². The molecule has 2 heterocycles. The molecule has 0 saturated heterocycles. The summed E-state index contributed by atoms with van der Waals surface area (Å²) in [5.74, 6) is 0. The Labute approximate surface area is 103 Å². The van der Waals surface area contributed by atoms with Gasteiger partial charge in [0.15, 0.2) is 0 Å². The van der Waals surface area contributed by atoms with E-state index < -0.39 is 0 Å². The lowest BCUT2D eigenvalue weighted by molar-refractivity contribution is 0.260. The minimum absolute atomic E-state index is 0.217. The third-order valence-corrected chi connectivity index (χ3v) is 4.75. The molecule has 0 amide bonds. The highest BCUT2D eigenvalue weighted by molar-refractivity contribution is 7.10. The van der Waals surface area contributed by atoms with Crippen LogP contribution in [0.5, 0.6) is 0 Å². The molecule has 0 saturated carbocycles. The lowest BCUT2D eigenvalue weighted by Crippen LogP contribution is -2.44. The van der Waals surface area contributed by atoms with Crippen LogP contribution in [-0.2, 0) is 12.0 Å². The molecule has 2 rings (SSSR count). The molecule has 1 aliphatic rings. The Kier molecular flexibility index (Phi) is 3.15. The van der Waals surface area contributed by atoms with Crippen molar-refractivity contribution in [2.24, 2.45) is 5.41 Å². The summed E-state index contributed by atoms with van der Waals surface area (Å²) in [6.07, 6.45) is 3.71. The third-order valence-electron chi connectivity index (χ3n) is 3.53. The van der Waals surface area contributed by atoms with Crippen molar-refractivity contribution in [2.45, 2.75) is 52.5 Å². The fourth-order valence-electron chi connectivity index (χ4n) is 2.40. The number of rotatable bonds is 2. The minimum atomic E-state index is 0.217. The molecule has 0 aliphatic carbocycles. The summed E-state index contributed by atoms with van der Waals surface area (Å²) in [6.45, 7) is 10.5. The van der Waals surface area contributed by atoms with Gasteiger partial charge < -0.3 is 5.32 Å². The van der Waals surface area contributed by atoms with Gasteiger partial charge in [-0.05, 0) is 48.6 Å². The van der Waals surface area contributed by atoms with Crippen LogP contribution in [0.25, 0.3) is 0 Å². The molecular weight excluding hydrogens is 214 g/mol. The molecule has 0 radical (unpaired) electrons. The van der Waals surface area contributed by atoms with Gasteiger partial charge in [-0.15, -0.1) is 11.3 Å². The fourth-order valence-corrected chi connectivity index (χ4v) is 3.52. The van der Waals surface area contributed by atoms with E-state index >= 15 is 0 Å². The second kappa shape index (κ2) is 4.15. The fraction of sp³-hybridized carbons (Fsp3) is 0.714. The van der Waals surface area contributed by atoms with E-state index in [4.69, 9.17) is 0 Å². The van der Waals surface area contributed by atoms with Gasteiger partial charge in [-0.25, -0.2) is 0 Å². The Morgan fingerprint density at radius 3 is 2.88 bits per heavy atom. The molecule has 1 aromatic rings. The van der Waals surface area contributed by atoms with Gasteiger partial charge in [-0.1, -0.05) is 20.8 Å². The van der Waals surface area contributed by atoms with E-state index in [-0.39, 0.29) is 5.54 Å². The molecule has 1 N–H and O–H groups in total. The molecule has 0 bridgehead atoms. The van der Waals surface area contributed by atoms with Crippen LogP contribution in [0.2, 0.25) is 0 Å². The van der Waals surface area contributed by atoms with Crippen molar-refractivity contribution < 1.29 is 0 Å². The summed E-state index contributed by atoms with van der Waals surface area (Å²) >= 11 is 1.92. The second-order valence-electron chi connectivity index (χ2n) is 6.34. The van der Waals surface area contributed by atoms with Gasteiger partial charge >= 0.3 is 0 Å². The van der Waals surface area contributed by atoms with Gasteiger partial charge in [0.1, 0.15) is 0 Å². The van der Waals surface area contributed by atoms with Crippen LogP contribution in [0.15, 0.2) is 11.4 Å². The Morgan fingerprint density at radius 1 is 1.44 bits per heavy atom. The first-order valence-electron chi connectivity index (χ1n) is 6.23. The van der Waals surface area contributed by atoms with E-state index in [1.54, 1.807) is 10.4 Å². The zero-order valence-corrected chi connectivity index (χ0v) is 11.7. The van der Waals surface area contributed by atoms with Gasteiger partial charge in [0, 0.05) is 11.4 Å². The average molecular weight is 237 g/mol. The van der Waals surface area contributed by atoms with Crippen molar-refractivity contribution in [3.63, 3.8) is 0 Å². The quantitative estimate of drug-likeness (QED) is 0.821. The molecular formula is C14H23NS. The largest absolute Gasteiger partial charge is 0.307 e. The predicted molar refractivity (Wildman–Crippen MR) is 72.1 cm³/mol. The van der Waals surface area contributed by atoms with Crippen molar-refractivity contribution >= 4 is 11.3 Å². The lowest BCUT2D eigenvalue weighted by atomic mass is 9.81. The Balaban J connectivity index is 2.15. The van der Waals surface area contributed by atoms with Crippen molar-refractivity contribution in [1.82, 2.24) is 5.32 Å². The molecule has 0 fully saturated rings. The lowest BCUT2D eigenvalue weighted by Gasteiger charge is -2.37. The summed E-state index contributed by atoms with van der Waals surface area (Å²) in [6, 6.07) is 2.30. The molecule has 16 heavy (non-hydrogen) atoms. The third kappa shape index (κ3) is 2.49. The van der Waals surface area contributed by atoms with E-state index in [9.17, 15) is 0 Å². The van der Waals surface area contributed by atoms with Crippen molar-refractivity contribution in [3.05, 3.63) is 21.9 Å². The Hall–Kier alpha value is -0.340. The Bertz CT molecular complexity index is 361. The van der Waals surface area contributed by atoms with E-state index in [0.29, 0.717) is 5.41 Å². The molecule has 1 aromatic heterocycles. The highest BCUT2D eigenvalue weighted by Crippen LogP contribution is 2.38. The smallest absolute Gasteiger partial charge is 0.0503 e. The van der Waals surface area contributed by atoms with Crippen LogP contribution in [0.1, 0.15) is 51.0 Å². The summed E-state index contributed by atoms with van der Waals surface area (Å²) in [5.41, 5.74) is 2.22. The van der Waals surface area contributed by atoms with Crippen LogP contribution >= 0.6 is 11.3 Å². The zero-order chi connectivity index (χ0) is 11.8. The predicted octanol–water partition coefficient (Wildman–Crippen LogP) is 3.94. The molecule has 90 valence electrons. The molecule has 1 nitrogen and oxygen atoms in total. The van der Waals surface area contributed by atoms with Crippen LogP contribution in [0, 0.1) is 5.41 Å². The van der Waals surface area contributed by atoms with Gasteiger partial charge in [-0.2, -0.15) is 0 Å². The molecule has 2 heteroatoms. The normalized spacial score (nSPS) is 25.5. The second-order valence-corrected chi connectivity index (χ2v) is 7.26. The molecule has 1 aliphatic heterocycles. The highest BCUT2D eigenvalue weighted by atomic mass is 32.1. The maximum absolute atomic E-state index is 3.72. The van der Waals surface area contributed by atoms with Crippen molar-refractivity contribution in [1.29, 1.82) is 0 Å². The van der Waals surface area contributed by atoms with Gasteiger partial charge in [0.2, 0.25) is 0 Å². The zero-order valence-electron chi connectivity index (χ0n) is 10.9. The van der Waals surface area contributed by atoms with E-state index in [1.807, 2.05) is 11.3 Å². The van der Waals surface area contributed by atoms with Crippen molar-refractivity contribution in [2.75, 3.05) is 6.54 Å². The number of hydrogen-bond donors (Lipinski definition) is 1. The molecule has 1 unspecified atom stereocenters. The van der Waals surface area contributed by atoms with E-state index in [1.165, 1.54) is 19.3 Å². The van der Waals surface area contributed by atoms with E-state index in [0.717, 1.165) is 6.54 Å². The van der Waals surface area contributed by atoms with Gasteiger partial charge in [0.05, 0.1) is 5.54 Å². The summed E-state index contributed by atoms with van der Waals surface area (Å²) < 4.78 is 0. The first-order valence-corrected chi connectivity index (χ1v) is 7.11. The topological polar surface area (TPSA) is 12.0 Å². The minimum Gasteiger partial charge on any atom is -0.307 e. The monoisotopic (exact) mass is 237 g/mol. The first-order chi connectivity index (χ1) is 7.41.